The molecular weight excluding hydrogens is 300 g/mol. The number of amides is 2. The second-order valence-electron chi connectivity index (χ2n) is 7.35. The Bertz CT molecular complexity index is 455. The van der Waals surface area contributed by atoms with Crippen LogP contribution in [0.1, 0.15) is 46.5 Å². The van der Waals surface area contributed by atoms with Crippen molar-refractivity contribution >= 4 is 22.6 Å². The molecule has 1 saturated carbocycles. The molecule has 6 heteroatoms. The fourth-order valence-corrected chi connectivity index (χ4v) is 3.60. The van der Waals surface area contributed by atoms with E-state index in [1.807, 2.05) is 25.7 Å². The zero-order chi connectivity index (χ0) is 16.3. The first-order chi connectivity index (χ1) is 10.3. The molecule has 0 radical (unpaired) electrons. The largest absolute Gasteiger partial charge is 0.355 e. The number of hydrogen-bond donors (Lipinski definition) is 1. The average Bonchev–Trinajstić information content (AvgIpc) is 3.30. The van der Waals surface area contributed by atoms with Crippen LogP contribution in [0.3, 0.4) is 0 Å². The Morgan fingerprint density at radius 2 is 1.86 bits per heavy atom. The van der Waals surface area contributed by atoms with E-state index in [9.17, 15) is 13.8 Å². The lowest BCUT2D eigenvalue weighted by atomic mass is 9.97. The van der Waals surface area contributed by atoms with Gasteiger partial charge in [0.1, 0.15) is 0 Å². The van der Waals surface area contributed by atoms with Crippen LogP contribution in [-0.2, 0) is 20.4 Å². The van der Waals surface area contributed by atoms with Gasteiger partial charge in [0.15, 0.2) is 0 Å². The lowest BCUT2D eigenvalue weighted by Gasteiger charge is -2.32. The van der Waals surface area contributed by atoms with Gasteiger partial charge in [-0.1, -0.05) is 0 Å². The van der Waals surface area contributed by atoms with Gasteiger partial charge in [-0.15, -0.1) is 0 Å². The van der Waals surface area contributed by atoms with E-state index in [4.69, 9.17) is 0 Å². The highest BCUT2D eigenvalue weighted by Crippen LogP contribution is 2.32. The van der Waals surface area contributed by atoms with Crippen LogP contribution >= 0.6 is 0 Å². The Hall–Kier alpha value is -0.910. The van der Waals surface area contributed by atoms with Crippen molar-refractivity contribution in [2.45, 2.75) is 51.2 Å². The number of nitrogens with zero attached hydrogens (tertiary/aromatic N) is 1. The van der Waals surface area contributed by atoms with Gasteiger partial charge in [0, 0.05) is 46.9 Å². The van der Waals surface area contributed by atoms with Gasteiger partial charge >= 0.3 is 0 Å². The summed E-state index contributed by atoms with van der Waals surface area (Å²) in [7, 11) is -0.950. The van der Waals surface area contributed by atoms with E-state index in [2.05, 4.69) is 5.32 Å². The summed E-state index contributed by atoms with van der Waals surface area (Å²) in [4.78, 5) is 26.2. The molecule has 0 aromatic heterocycles. The molecular formula is C16H28N2O3S. The Kier molecular flexibility index (Phi) is 5.64. The van der Waals surface area contributed by atoms with Crippen LogP contribution in [0.4, 0.5) is 0 Å². The third kappa shape index (κ3) is 4.80. The molecule has 2 amide bonds. The molecule has 1 aliphatic carbocycles. The molecule has 0 aromatic rings. The van der Waals surface area contributed by atoms with Gasteiger partial charge in [0.2, 0.25) is 11.8 Å². The molecule has 2 fully saturated rings. The second kappa shape index (κ2) is 7.11. The monoisotopic (exact) mass is 328 g/mol. The second-order valence-corrected chi connectivity index (χ2v) is 9.67. The van der Waals surface area contributed by atoms with E-state index in [0.29, 0.717) is 18.8 Å². The molecule has 0 unspecified atom stereocenters. The Morgan fingerprint density at radius 3 is 2.45 bits per heavy atom. The molecule has 22 heavy (non-hydrogen) atoms. The maximum absolute atomic E-state index is 12.2. The van der Waals surface area contributed by atoms with Crippen molar-refractivity contribution in [1.29, 1.82) is 0 Å². The summed E-state index contributed by atoms with van der Waals surface area (Å²) in [5, 5.41) is 2.89. The topological polar surface area (TPSA) is 66.5 Å². The molecule has 1 heterocycles. The van der Waals surface area contributed by atoms with Crippen LogP contribution in [0.5, 0.6) is 0 Å². The van der Waals surface area contributed by atoms with Crippen LogP contribution in [0.25, 0.3) is 0 Å². The minimum Gasteiger partial charge on any atom is -0.355 e. The van der Waals surface area contributed by atoms with Crippen LogP contribution in [0.2, 0.25) is 0 Å². The number of nitrogens with one attached hydrogen (secondary N) is 1. The fourth-order valence-electron chi connectivity index (χ4n) is 2.70. The molecule has 0 bridgehead atoms. The van der Waals surface area contributed by atoms with E-state index in [1.165, 1.54) is 0 Å². The van der Waals surface area contributed by atoms with Crippen molar-refractivity contribution in [3.05, 3.63) is 0 Å². The van der Waals surface area contributed by atoms with Gasteiger partial charge in [-0.05, 0) is 46.5 Å². The van der Waals surface area contributed by atoms with Crippen molar-refractivity contribution in [3.8, 4) is 0 Å². The third-order valence-corrected chi connectivity index (χ3v) is 6.24. The van der Waals surface area contributed by atoms with Gasteiger partial charge in [0.25, 0.3) is 0 Å². The zero-order valence-electron chi connectivity index (χ0n) is 13.9. The smallest absolute Gasteiger partial charge is 0.225 e. The standard InChI is InChI=1S/C16H28N2O3S/c1-16(2,3)22(21)10-8-17-14(19)13-5-4-9-18(11-13)15(20)12-6-7-12/h12-13H,4-11H2,1-3H3,(H,17,19)/t13-,22-/m1/s1. The zero-order valence-corrected chi connectivity index (χ0v) is 14.7. The van der Waals surface area contributed by atoms with E-state index < -0.39 is 10.8 Å². The number of rotatable bonds is 5. The molecule has 2 aliphatic rings. The SMILES string of the molecule is CC(C)(C)[S@](=O)CCNC(=O)[C@@H]1CCCN(C(=O)C2CC2)C1. The van der Waals surface area contributed by atoms with Crippen molar-refractivity contribution in [1.82, 2.24) is 10.2 Å². The van der Waals surface area contributed by atoms with Crippen LogP contribution in [-0.4, -0.2) is 51.1 Å². The summed E-state index contributed by atoms with van der Waals surface area (Å²) in [5.74, 6) is 0.813. The number of carbonyl (C=O) groups is 2. The summed E-state index contributed by atoms with van der Waals surface area (Å²) >= 11 is 0. The summed E-state index contributed by atoms with van der Waals surface area (Å²) in [6.07, 6.45) is 3.74. The normalized spacial score (nSPS) is 24.0. The van der Waals surface area contributed by atoms with Gasteiger partial charge in [-0.25, -0.2) is 0 Å². The Morgan fingerprint density at radius 1 is 1.18 bits per heavy atom. The summed E-state index contributed by atoms with van der Waals surface area (Å²) < 4.78 is 11.7. The van der Waals surface area contributed by atoms with Crippen LogP contribution in [0, 0.1) is 11.8 Å². The van der Waals surface area contributed by atoms with E-state index in [-0.39, 0.29) is 28.4 Å². The first-order valence-corrected chi connectivity index (χ1v) is 9.56. The first-order valence-electron chi connectivity index (χ1n) is 8.24. The van der Waals surface area contributed by atoms with Gasteiger partial charge in [-0.3, -0.25) is 13.8 Å². The minimum absolute atomic E-state index is 0.000735. The lowest BCUT2D eigenvalue weighted by Crippen LogP contribution is -2.46. The van der Waals surface area contributed by atoms with Crippen molar-refractivity contribution in [3.63, 3.8) is 0 Å². The quantitative estimate of drug-likeness (QED) is 0.827. The maximum Gasteiger partial charge on any atom is 0.225 e. The third-order valence-electron chi connectivity index (χ3n) is 4.30. The molecule has 0 aromatic carbocycles. The molecule has 1 saturated heterocycles. The fraction of sp³-hybridized carbons (Fsp3) is 0.875. The minimum atomic E-state index is -0.950. The van der Waals surface area contributed by atoms with Gasteiger partial charge in [-0.2, -0.15) is 0 Å². The van der Waals surface area contributed by atoms with Gasteiger partial charge in [0.05, 0.1) is 5.92 Å². The first kappa shape index (κ1) is 17.4. The van der Waals surface area contributed by atoms with E-state index in [0.717, 1.165) is 32.2 Å². The Labute approximate surface area is 135 Å². The van der Waals surface area contributed by atoms with Crippen molar-refractivity contribution in [2.75, 3.05) is 25.4 Å². The highest BCUT2D eigenvalue weighted by Gasteiger charge is 2.36. The summed E-state index contributed by atoms with van der Waals surface area (Å²) in [5.41, 5.74) is 0. The molecule has 2 atom stereocenters. The van der Waals surface area contributed by atoms with Crippen molar-refractivity contribution < 1.29 is 13.8 Å². The molecule has 126 valence electrons. The summed E-state index contributed by atoms with van der Waals surface area (Å²) in [6.45, 7) is 7.58. The highest BCUT2D eigenvalue weighted by atomic mass is 32.2. The molecule has 5 nitrogen and oxygen atoms in total. The van der Waals surface area contributed by atoms with Crippen molar-refractivity contribution in [2.24, 2.45) is 11.8 Å². The molecule has 0 spiro atoms. The number of hydrogen-bond acceptors (Lipinski definition) is 3. The number of likely N-dealkylation sites (tertiary alicyclic amines) is 1. The highest BCUT2D eigenvalue weighted by molar-refractivity contribution is 7.86. The predicted octanol–water partition coefficient (Wildman–Crippen LogP) is 1.30. The van der Waals surface area contributed by atoms with Crippen LogP contribution < -0.4 is 5.32 Å². The van der Waals surface area contributed by atoms with E-state index in [1.54, 1.807) is 0 Å². The van der Waals surface area contributed by atoms with Gasteiger partial charge < -0.3 is 10.2 Å². The molecule has 1 N–H and O–H groups in total. The summed E-state index contributed by atoms with van der Waals surface area (Å²) in [6, 6.07) is 0. The molecule has 2 rings (SSSR count). The number of carbonyl (C=O) groups excluding carboxylic acids is 2. The number of piperidine rings is 1. The maximum atomic E-state index is 12.2. The Balaban J connectivity index is 1.74. The van der Waals surface area contributed by atoms with E-state index >= 15 is 0 Å². The average molecular weight is 328 g/mol. The molecule has 1 aliphatic heterocycles. The lowest BCUT2D eigenvalue weighted by molar-refractivity contribution is -0.136. The predicted molar refractivity (Wildman–Crippen MR) is 87.8 cm³/mol. The van der Waals surface area contributed by atoms with Crippen LogP contribution in [0.15, 0.2) is 0 Å².